The average molecular weight is 1260 g/mol. The van der Waals surface area contributed by atoms with Crippen LogP contribution in [-0.4, -0.2) is 0 Å². The Kier molecular flexibility index (Phi) is 15.7. The van der Waals surface area contributed by atoms with Gasteiger partial charge >= 0.3 is 0 Å². The number of nitrogens with zero attached hydrogens (tertiary/aromatic N) is 6. The molecule has 0 aromatic heterocycles. The van der Waals surface area contributed by atoms with E-state index in [-0.39, 0.29) is 0 Å². The number of fused-ring (bicyclic) bond motifs is 6. The zero-order chi connectivity index (χ0) is 65.1. The van der Waals surface area contributed by atoms with E-state index in [1.54, 1.807) is 0 Å². The maximum atomic E-state index is 2.37. The predicted molar refractivity (Wildman–Crippen MR) is 411 cm³/mol. The van der Waals surface area contributed by atoms with E-state index in [1.807, 2.05) is 0 Å². The summed E-state index contributed by atoms with van der Waals surface area (Å²) in [5.74, 6) is 0. The van der Waals surface area contributed by atoms with Gasteiger partial charge in [-0.1, -0.05) is 170 Å². The Balaban J connectivity index is 0.663. The largest absolute Gasteiger partial charge is 0.311 e. The molecule has 15 aromatic carbocycles. The van der Waals surface area contributed by atoms with Gasteiger partial charge in [0.15, 0.2) is 0 Å². The first-order valence-electron chi connectivity index (χ1n) is 33.6. The van der Waals surface area contributed by atoms with Crippen molar-refractivity contribution in [3.8, 4) is 22.3 Å². The molecule has 0 saturated carbocycles. The summed E-state index contributed by atoms with van der Waals surface area (Å²) in [4.78, 5) is 14.1. The molecule has 0 atom stereocenters. The van der Waals surface area contributed by atoms with Gasteiger partial charge in [-0.15, -0.1) is 0 Å². The predicted octanol–water partition coefficient (Wildman–Crippen LogP) is 25.6. The minimum Gasteiger partial charge on any atom is -0.311 e. The summed E-state index contributed by atoms with van der Waals surface area (Å²) in [6.07, 6.45) is 1.87. The van der Waals surface area contributed by atoms with Crippen molar-refractivity contribution in [1.29, 1.82) is 0 Å². The molecule has 0 amide bonds. The van der Waals surface area contributed by atoms with E-state index >= 15 is 0 Å². The molecule has 0 aliphatic heterocycles. The van der Waals surface area contributed by atoms with Crippen LogP contribution in [0.2, 0.25) is 0 Å². The first kappa shape index (κ1) is 58.9. The van der Waals surface area contributed by atoms with Crippen LogP contribution in [0.4, 0.5) is 102 Å². The third-order valence-corrected chi connectivity index (χ3v) is 19.0. The Morgan fingerprint density at radius 1 is 0.122 bits per heavy atom. The second-order valence-electron chi connectivity index (χ2n) is 25.0. The summed E-state index contributed by atoms with van der Waals surface area (Å²) in [5.41, 5.74) is 30.1. The molecule has 0 fully saturated rings. The molecule has 0 unspecified atom stereocenters. The van der Waals surface area contributed by atoms with Crippen molar-refractivity contribution in [3.63, 3.8) is 0 Å². The summed E-state index contributed by atoms with van der Waals surface area (Å²) in [6, 6.07) is 140. The number of hydrogen-bond acceptors (Lipinski definition) is 6. The molecule has 17 rings (SSSR count). The van der Waals surface area contributed by atoms with Crippen LogP contribution in [-0.2, 0) is 12.8 Å². The normalized spacial score (nSPS) is 11.6. The fourth-order valence-electron chi connectivity index (χ4n) is 14.4. The van der Waals surface area contributed by atoms with Crippen LogP contribution < -0.4 is 29.4 Å². The quantitative estimate of drug-likeness (QED) is 0.0847. The van der Waals surface area contributed by atoms with E-state index in [0.29, 0.717) is 0 Å². The van der Waals surface area contributed by atoms with E-state index in [4.69, 9.17) is 0 Å². The fraction of sp³-hybridized carbons (Fsp3) is 0.0217. The van der Waals surface area contributed by atoms with Gasteiger partial charge in [0.1, 0.15) is 0 Å². The van der Waals surface area contributed by atoms with Crippen molar-refractivity contribution in [1.82, 2.24) is 0 Å². The number of benzene rings is 15. The molecule has 98 heavy (non-hydrogen) atoms. The Morgan fingerprint density at radius 2 is 0.276 bits per heavy atom. The van der Waals surface area contributed by atoms with E-state index in [9.17, 15) is 0 Å². The van der Waals surface area contributed by atoms with Crippen LogP contribution in [0.15, 0.2) is 388 Å². The van der Waals surface area contributed by atoms with Gasteiger partial charge in [-0.05, 0) is 276 Å². The lowest BCUT2D eigenvalue weighted by Gasteiger charge is -2.30. The molecule has 15 aromatic rings. The van der Waals surface area contributed by atoms with Crippen LogP contribution in [0.5, 0.6) is 0 Å². The van der Waals surface area contributed by atoms with Gasteiger partial charge in [0, 0.05) is 102 Å². The van der Waals surface area contributed by atoms with Crippen LogP contribution in [0.25, 0.3) is 22.3 Å². The molecule has 2 aliphatic carbocycles. The molecule has 0 saturated heterocycles. The van der Waals surface area contributed by atoms with Gasteiger partial charge in [-0.2, -0.15) is 0 Å². The summed E-state index contributed by atoms with van der Waals surface area (Å²) < 4.78 is 0. The second-order valence-corrected chi connectivity index (χ2v) is 25.0. The molecule has 2 aliphatic rings. The standard InChI is InChI=1S/C92H68N6/c1-7-25-71(26-8-1)93(79-43-47-81(48-44-79)95(73-29-11-3-12-30-73)83-51-55-85(56-52-83)97(75-33-15-5-16-34-75)87-59-61-91-69(65-87)63-67-23-19-21-37-89(67)91)77-39-41-78(42-40-77)94(72-27-9-2-10-28-72)80-45-49-82(50-46-80)96(74-31-13-4-14-32-74)84-53-57-86(58-54-84)98(76-35-17-6-18-36-76)88-60-62-92-70(66-88)64-68-24-20-22-38-90(68)92/h1-62,65-66H,63-64H2. The van der Waals surface area contributed by atoms with Gasteiger partial charge in [-0.25, -0.2) is 0 Å². The number of para-hydroxylation sites is 6. The third-order valence-electron chi connectivity index (χ3n) is 19.0. The molecule has 0 bridgehead atoms. The molecule has 0 heterocycles. The van der Waals surface area contributed by atoms with Crippen molar-refractivity contribution in [2.75, 3.05) is 29.4 Å². The summed E-state index contributed by atoms with van der Waals surface area (Å²) in [6.45, 7) is 0. The molecule has 0 spiro atoms. The van der Waals surface area contributed by atoms with Gasteiger partial charge in [0.05, 0.1) is 0 Å². The van der Waals surface area contributed by atoms with Crippen LogP contribution in [0.3, 0.4) is 0 Å². The van der Waals surface area contributed by atoms with Crippen molar-refractivity contribution >= 4 is 102 Å². The van der Waals surface area contributed by atoms with E-state index < -0.39 is 0 Å². The highest BCUT2D eigenvalue weighted by Gasteiger charge is 2.25. The zero-order valence-electron chi connectivity index (χ0n) is 54.0. The van der Waals surface area contributed by atoms with E-state index in [0.717, 1.165) is 115 Å². The maximum Gasteiger partial charge on any atom is 0.0464 e. The lowest BCUT2D eigenvalue weighted by Crippen LogP contribution is -2.14. The first-order valence-corrected chi connectivity index (χ1v) is 33.6. The summed E-state index contributed by atoms with van der Waals surface area (Å²) in [7, 11) is 0. The van der Waals surface area contributed by atoms with Gasteiger partial charge in [0.2, 0.25) is 0 Å². The monoisotopic (exact) mass is 1260 g/mol. The highest BCUT2D eigenvalue weighted by Crippen LogP contribution is 2.48. The van der Waals surface area contributed by atoms with Crippen molar-refractivity contribution in [2.45, 2.75) is 12.8 Å². The summed E-state index contributed by atoms with van der Waals surface area (Å²) in [5, 5.41) is 0. The molecule has 6 nitrogen and oxygen atoms in total. The Bertz CT molecular complexity index is 4900. The number of hydrogen-bond donors (Lipinski definition) is 0. The van der Waals surface area contributed by atoms with E-state index in [2.05, 4.69) is 418 Å². The Labute approximate surface area is 574 Å². The highest BCUT2D eigenvalue weighted by molar-refractivity contribution is 5.89. The first-order chi connectivity index (χ1) is 48.6. The number of anilines is 18. The fourth-order valence-corrected chi connectivity index (χ4v) is 14.4. The topological polar surface area (TPSA) is 19.4 Å². The minimum absolute atomic E-state index is 0.934. The smallest absolute Gasteiger partial charge is 0.0464 e. The van der Waals surface area contributed by atoms with E-state index in [1.165, 1.54) is 44.5 Å². The maximum absolute atomic E-state index is 2.37. The van der Waals surface area contributed by atoms with Crippen LogP contribution >= 0.6 is 0 Å². The minimum atomic E-state index is 0.934. The zero-order valence-corrected chi connectivity index (χ0v) is 54.0. The molecular formula is C92H68N6. The SMILES string of the molecule is c1ccc(N(c2ccc(N(c3ccccc3)c3ccc(N(c4ccccc4)c4ccc(N(c5ccccc5)c5ccc6c(c5)Cc5ccccc5-6)cc4)cc3)cc2)c2ccc(N(c3ccccc3)c3ccc(N(c4ccccc4)c4ccc5c(c4)Cc4ccccc4-5)cc3)cc2)cc1. The molecular weight excluding hydrogens is 1190 g/mol. The molecule has 0 N–H and O–H groups in total. The molecule has 6 heteroatoms. The number of rotatable bonds is 18. The highest BCUT2D eigenvalue weighted by atomic mass is 15.2. The summed E-state index contributed by atoms with van der Waals surface area (Å²) >= 11 is 0. The van der Waals surface area contributed by atoms with Gasteiger partial charge in [-0.3, -0.25) is 0 Å². The Morgan fingerprint density at radius 3 is 0.490 bits per heavy atom. The average Bonchev–Trinajstić information content (AvgIpc) is 1.44. The third kappa shape index (κ3) is 11.5. The van der Waals surface area contributed by atoms with Crippen molar-refractivity contribution in [2.24, 2.45) is 0 Å². The van der Waals surface area contributed by atoms with Crippen LogP contribution in [0.1, 0.15) is 22.3 Å². The second kappa shape index (κ2) is 26.1. The van der Waals surface area contributed by atoms with Gasteiger partial charge in [0.25, 0.3) is 0 Å². The lowest BCUT2D eigenvalue weighted by atomic mass is 10.0. The van der Waals surface area contributed by atoms with Crippen molar-refractivity contribution in [3.05, 3.63) is 411 Å². The molecule has 0 radical (unpaired) electrons. The van der Waals surface area contributed by atoms with Crippen molar-refractivity contribution < 1.29 is 0 Å². The van der Waals surface area contributed by atoms with Crippen LogP contribution in [0, 0.1) is 0 Å². The Hall–Kier alpha value is -12.9. The molecule has 466 valence electrons. The van der Waals surface area contributed by atoms with Gasteiger partial charge < -0.3 is 29.4 Å². The lowest BCUT2D eigenvalue weighted by molar-refractivity contribution is 1.22.